The number of nitrogens with one attached hydrogen (secondary N) is 2. The smallest absolute Gasteiger partial charge is 0.416 e. The molecular formula is C26H26F3N3O3. The van der Waals surface area contributed by atoms with E-state index < -0.39 is 24.3 Å². The Morgan fingerprint density at radius 2 is 1.60 bits per heavy atom. The van der Waals surface area contributed by atoms with Gasteiger partial charge in [0.2, 0.25) is 0 Å². The predicted molar refractivity (Wildman–Crippen MR) is 127 cm³/mol. The highest BCUT2D eigenvalue weighted by molar-refractivity contribution is 5.94. The van der Waals surface area contributed by atoms with Crippen molar-refractivity contribution in [2.24, 2.45) is 0 Å². The molecule has 3 rings (SSSR count). The van der Waals surface area contributed by atoms with Crippen molar-refractivity contribution in [3.63, 3.8) is 0 Å². The molecule has 0 aromatic heterocycles. The monoisotopic (exact) mass is 485 g/mol. The molecule has 0 saturated heterocycles. The fourth-order valence-corrected chi connectivity index (χ4v) is 3.32. The number of ether oxygens (including phenoxy) is 1. The molecule has 0 aliphatic carbocycles. The van der Waals surface area contributed by atoms with E-state index in [0.29, 0.717) is 17.9 Å². The molecule has 0 unspecified atom stereocenters. The first-order chi connectivity index (χ1) is 16.6. The zero-order valence-electron chi connectivity index (χ0n) is 19.4. The van der Waals surface area contributed by atoms with Crippen molar-refractivity contribution in [3.8, 4) is 5.75 Å². The number of halogens is 3. The standard InChI is InChI=1S/C26H26F3N3O3/c1-32(2)16-20-7-4-3-6-19(20)15-30-25(34)18-10-12-23(13-11-18)35-17-24(33)31-22-9-5-8-21(14-22)26(27,28)29/h3-14H,15-17H2,1-2H3,(H,30,34)(H,31,33). The number of hydrogen-bond donors (Lipinski definition) is 2. The SMILES string of the molecule is CN(C)Cc1ccccc1CNC(=O)c1ccc(OCC(=O)Nc2cccc(C(F)(F)F)c2)cc1. The third kappa shape index (κ3) is 7.86. The highest BCUT2D eigenvalue weighted by atomic mass is 19.4. The van der Waals surface area contributed by atoms with Crippen LogP contribution in [-0.2, 0) is 24.1 Å². The molecule has 2 amide bonds. The number of carbonyl (C=O) groups is 2. The number of benzene rings is 3. The van der Waals surface area contributed by atoms with Crippen LogP contribution < -0.4 is 15.4 Å². The first kappa shape index (κ1) is 25.8. The summed E-state index contributed by atoms with van der Waals surface area (Å²) in [7, 11) is 3.96. The highest BCUT2D eigenvalue weighted by Gasteiger charge is 2.30. The van der Waals surface area contributed by atoms with Crippen molar-refractivity contribution in [1.29, 1.82) is 0 Å². The summed E-state index contributed by atoms with van der Waals surface area (Å²) < 4.78 is 43.8. The van der Waals surface area contributed by atoms with Crippen LogP contribution in [0.15, 0.2) is 72.8 Å². The fraction of sp³-hybridized carbons (Fsp3) is 0.231. The fourth-order valence-electron chi connectivity index (χ4n) is 3.32. The van der Waals surface area contributed by atoms with Crippen LogP contribution in [0.1, 0.15) is 27.0 Å². The molecule has 2 N–H and O–H groups in total. The molecule has 0 aliphatic rings. The topological polar surface area (TPSA) is 70.7 Å². The lowest BCUT2D eigenvalue weighted by Crippen LogP contribution is -2.24. The molecule has 3 aromatic carbocycles. The molecule has 0 radical (unpaired) electrons. The first-order valence-corrected chi connectivity index (χ1v) is 10.8. The third-order valence-corrected chi connectivity index (χ3v) is 5.00. The maximum absolute atomic E-state index is 12.8. The van der Waals surface area contributed by atoms with Crippen LogP contribution in [0.5, 0.6) is 5.75 Å². The third-order valence-electron chi connectivity index (χ3n) is 5.00. The molecule has 0 heterocycles. The molecule has 0 fully saturated rings. The van der Waals surface area contributed by atoms with Crippen LogP contribution in [0.25, 0.3) is 0 Å². The van der Waals surface area contributed by atoms with Crippen LogP contribution in [0.3, 0.4) is 0 Å². The van der Waals surface area contributed by atoms with Gasteiger partial charge < -0.3 is 20.3 Å². The Bertz CT molecular complexity index is 1160. The number of anilines is 1. The van der Waals surface area contributed by atoms with Crippen LogP contribution in [0.4, 0.5) is 18.9 Å². The number of nitrogens with zero attached hydrogens (tertiary/aromatic N) is 1. The second kappa shape index (κ2) is 11.5. The minimum atomic E-state index is -4.50. The molecule has 6 nitrogen and oxygen atoms in total. The van der Waals surface area contributed by atoms with Crippen molar-refractivity contribution in [2.75, 3.05) is 26.0 Å². The second-order valence-electron chi connectivity index (χ2n) is 8.13. The average molecular weight is 486 g/mol. The number of rotatable bonds is 9. The minimum absolute atomic E-state index is 0.0209. The van der Waals surface area contributed by atoms with Gasteiger partial charge in [0, 0.05) is 24.3 Å². The Labute approximate surface area is 201 Å². The van der Waals surface area contributed by atoms with Crippen molar-refractivity contribution < 1.29 is 27.5 Å². The van der Waals surface area contributed by atoms with Gasteiger partial charge in [-0.05, 0) is 67.7 Å². The van der Waals surface area contributed by atoms with E-state index in [-0.39, 0.29) is 11.6 Å². The van der Waals surface area contributed by atoms with E-state index in [2.05, 4.69) is 15.5 Å². The molecule has 0 aliphatic heterocycles. The van der Waals surface area contributed by atoms with Gasteiger partial charge in [-0.3, -0.25) is 9.59 Å². The number of hydrogen-bond acceptors (Lipinski definition) is 4. The summed E-state index contributed by atoms with van der Waals surface area (Å²) in [5, 5.41) is 5.27. The Balaban J connectivity index is 1.50. The minimum Gasteiger partial charge on any atom is -0.484 e. The van der Waals surface area contributed by atoms with Gasteiger partial charge in [0.1, 0.15) is 5.75 Å². The molecule has 35 heavy (non-hydrogen) atoms. The van der Waals surface area contributed by atoms with E-state index in [4.69, 9.17) is 4.74 Å². The summed E-state index contributed by atoms with van der Waals surface area (Å²) in [5.74, 6) is -0.516. The zero-order valence-corrected chi connectivity index (χ0v) is 19.4. The lowest BCUT2D eigenvalue weighted by molar-refractivity contribution is -0.137. The van der Waals surface area contributed by atoms with Gasteiger partial charge in [-0.2, -0.15) is 13.2 Å². The van der Waals surface area contributed by atoms with Gasteiger partial charge >= 0.3 is 6.18 Å². The van der Waals surface area contributed by atoms with Gasteiger partial charge in [0.15, 0.2) is 6.61 Å². The van der Waals surface area contributed by atoms with E-state index in [0.717, 1.165) is 29.8 Å². The summed E-state index contributed by atoms with van der Waals surface area (Å²) >= 11 is 0. The Morgan fingerprint density at radius 3 is 2.26 bits per heavy atom. The van der Waals surface area contributed by atoms with E-state index >= 15 is 0 Å². The van der Waals surface area contributed by atoms with Gasteiger partial charge in [0.05, 0.1) is 5.56 Å². The van der Waals surface area contributed by atoms with Crippen LogP contribution in [-0.4, -0.2) is 37.4 Å². The summed E-state index contributed by atoms with van der Waals surface area (Å²) in [5.41, 5.74) is 1.75. The molecule has 184 valence electrons. The van der Waals surface area contributed by atoms with Crippen molar-refractivity contribution in [1.82, 2.24) is 10.2 Å². The number of carbonyl (C=O) groups excluding carboxylic acids is 2. The average Bonchev–Trinajstić information content (AvgIpc) is 2.81. The van der Waals surface area contributed by atoms with Crippen molar-refractivity contribution >= 4 is 17.5 Å². The highest BCUT2D eigenvalue weighted by Crippen LogP contribution is 2.30. The molecule has 0 bridgehead atoms. The van der Waals surface area contributed by atoms with Gasteiger partial charge in [0.25, 0.3) is 11.8 Å². The maximum Gasteiger partial charge on any atom is 0.416 e. The summed E-state index contributed by atoms with van der Waals surface area (Å²) in [6.45, 7) is 0.751. The maximum atomic E-state index is 12.8. The lowest BCUT2D eigenvalue weighted by Gasteiger charge is -2.14. The first-order valence-electron chi connectivity index (χ1n) is 10.8. The Kier molecular flexibility index (Phi) is 8.48. The Hall–Kier alpha value is -3.85. The molecule has 0 atom stereocenters. The van der Waals surface area contributed by atoms with E-state index in [9.17, 15) is 22.8 Å². The van der Waals surface area contributed by atoms with Gasteiger partial charge in [-0.25, -0.2) is 0 Å². The largest absolute Gasteiger partial charge is 0.484 e. The lowest BCUT2D eigenvalue weighted by atomic mass is 10.1. The van der Waals surface area contributed by atoms with E-state index in [1.54, 1.807) is 24.3 Å². The predicted octanol–water partition coefficient (Wildman–Crippen LogP) is 4.71. The van der Waals surface area contributed by atoms with Crippen molar-refractivity contribution in [3.05, 3.63) is 95.1 Å². The quantitative estimate of drug-likeness (QED) is 0.461. The van der Waals surface area contributed by atoms with Gasteiger partial charge in [-0.1, -0.05) is 30.3 Å². The molecular weight excluding hydrogens is 459 g/mol. The molecule has 0 spiro atoms. The van der Waals surface area contributed by atoms with E-state index in [1.807, 2.05) is 38.4 Å². The number of amides is 2. The van der Waals surface area contributed by atoms with Crippen LogP contribution >= 0.6 is 0 Å². The Morgan fingerprint density at radius 1 is 0.914 bits per heavy atom. The van der Waals surface area contributed by atoms with Crippen molar-refractivity contribution in [2.45, 2.75) is 19.3 Å². The number of alkyl halides is 3. The summed E-state index contributed by atoms with van der Waals surface area (Å²) in [6.07, 6.45) is -4.50. The normalized spacial score (nSPS) is 11.3. The molecule has 9 heteroatoms. The summed E-state index contributed by atoms with van der Waals surface area (Å²) in [6, 6.07) is 18.5. The van der Waals surface area contributed by atoms with E-state index in [1.165, 1.54) is 12.1 Å². The zero-order chi connectivity index (χ0) is 25.4. The second-order valence-corrected chi connectivity index (χ2v) is 8.13. The van der Waals surface area contributed by atoms with Gasteiger partial charge in [-0.15, -0.1) is 0 Å². The molecule has 3 aromatic rings. The van der Waals surface area contributed by atoms with Crippen LogP contribution in [0.2, 0.25) is 0 Å². The summed E-state index contributed by atoms with van der Waals surface area (Å²) in [4.78, 5) is 26.6. The molecule has 0 saturated carbocycles. The van der Waals surface area contributed by atoms with Crippen LogP contribution in [0, 0.1) is 0 Å².